The van der Waals surface area contributed by atoms with Crippen molar-refractivity contribution in [3.63, 3.8) is 0 Å². The number of hydrogen-bond acceptors (Lipinski definition) is 3. The van der Waals surface area contributed by atoms with E-state index in [1.54, 1.807) is 0 Å². The highest BCUT2D eigenvalue weighted by atomic mass is 15.2. The fourth-order valence-electron chi connectivity index (χ4n) is 0.902. The van der Waals surface area contributed by atoms with E-state index >= 15 is 0 Å². The third kappa shape index (κ3) is 7.88. The normalized spacial score (nSPS) is 10.2. The molecular formula is C7H19N3. The Morgan fingerprint density at radius 3 is 2.10 bits per heavy atom. The number of unbranched alkanes of at least 4 members (excludes halogenated alkanes) is 4. The zero-order chi connectivity index (χ0) is 7.66. The van der Waals surface area contributed by atoms with Gasteiger partial charge >= 0.3 is 0 Å². The van der Waals surface area contributed by atoms with Crippen LogP contribution in [0.3, 0.4) is 0 Å². The third-order valence-electron chi connectivity index (χ3n) is 1.53. The van der Waals surface area contributed by atoms with Gasteiger partial charge in [0, 0.05) is 6.54 Å². The van der Waals surface area contributed by atoms with Crippen molar-refractivity contribution in [1.29, 1.82) is 0 Å². The molecule has 0 unspecified atom stereocenters. The molecule has 0 fully saturated rings. The highest BCUT2D eigenvalue weighted by Gasteiger charge is 1.87. The summed E-state index contributed by atoms with van der Waals surface area (Å²) in [6.07, 6.45) is 6.17. The quantitative estimate of drug-likeness (QED) is 0.275. The summed E-state index contributed by atoms with van der Waals surface area (Å²) in [7, 11) is 0. The number of nitrogens with two attached hydrogens (primary N) is 2. The topological polar surface area (TPSA) is 64.1 Å². The summed E-state index contributed by atoms with van der Waals surface area (Å²) in [6, 6.07) is 0. The van der Waals surface area contributed by atoms with E-state index in [0.717, 1.165) is 19.5 Å². The van der Waals surface area contributed by atoms with Crippen LogP contribution < -0.4 is 17.0 Å². The van der Waals surface area contributed by atoms with E-state index in [0.29, 0.717) is 0 Å². The van der Waals surface area contributed by atoms with E-state index in [1.807, 2.05) is 0 Å². The van der Waals surface area contributed by atoms with Gasteiger partial charge in [-0.2, -0.15) is 0 Å². The van der Waals surface area contributed by atoms with E-state index in [9.17, 15) is 0 Å². The van der Waals surface area contributed by atoms with Gasteiger partial charge in [-0.25, -0.2) is 0 Å². The maximum Gasteiger partial charge on any atom is 0.00974 e. The van der Waals surface area contributed by atoms with Crippen LogP contribution in [0.2, 0.25) is 0 Å². The molecule has 0 bridgehead atoms. The summed E-state index contributed by atoms with van der Waals surface area (Å²) in [5, 5.41) is 0. The molecule has 0 atom stereocenters. The lowest BCUT2D eigenvalue weighted by Crippen LogP contribution is -2.22. The summed E-state index contributed by atoms with van der Waals surface area (Å²) in [4.78, 5) is 0. The molecule has 3 heteroatoms. The molecule has 0 rings (SSSR count). The SMILES string of the molecule is NCCCCCCCNN. The first-order valence-corrected chi connectivity index (χ1v) is 4.05. The van der Waals surface area contributed by atoms with Crippen molar-refractivity contribution in [2.45, 2.75) is 32.1 Å². The Hall–Kier alpha value is -0.120. The molecule has 0 saturated heterocycles. The Morgan fingerprint density at radius 2 is 1.50 bits per heavy atom. The van der Waals surface area contributed by atoms with E-state index in [1.165, 1.54) is 25.7 Å². The number of hydrazine groups is 1. The zero-order valence-electron chi connectivity index (χ0n) is 6.60. The van der Waals surface area contributed by atoms with Crippen LogP contribution in [0.1, 0.15) is 32.1 Å². The molecule has 0 amide bonds. The number of hydrogen-bond donors (Lipinski definition) is 3. The van der Waals surface area contributed by atoms with Crippen molar-refractivity contribution in [2.24, 2.45) is 11.6 Å². The molecule has 0 aromatic rings. The Morgan fingerprint density at radius 1 is 0.900 bits per heavy atom. The Kier molecular flexibility index (Phi) is 8.77. The molecule has 0 aromatic carbocycles. The predicted molar refractivity (Wildman–Crippen MR) is 44.3 cm³/mol. The van der Waals surface area contributed by atoms with Gasteiger partial charge in [-0.1, -0.05) is 19.3 Å². The molecule has 5 N–H and O–H groups in total. The van der Waals surface area contributed by atoms with Crippen LogP contribution in [0.15, 0.2) is 0 Å². The molecule has 0 aliphatic carbocycles. The van der Waals surface area contributed by atoms with Crippen molar-refractivity contribution < 1.29 is 0 Å². The Labute approximate surface area is 63.1 Å². The average molecular weight is 145 g/mol. The molecule has 0 aromatic heterocycles. The average Bonchev–Trinajstić information content (AvgIpc) is 1.97. The number of nitrogens with one attached hydrogen (secondary N) is 1. The van der Waals surface area contributed by atoms with Crippen LogP contribution in [0.4, 0.5) is 0 Å². The lowest BCUT2D eigenvalue weighted by atomic mass is 10.1. The van der Waals surface area contributed by atoms with Gasteiger partial charge in [0.25, 0.3) is 0 Å². The van der Waals surface area contributed by atoms with Gasteiger partial charge < -0.3 is 5.73 Å². The van der Waals surface area contributed by atoms with Crippen molar-refractivity contribution in [2.75, 3.05) is 13.1 Å². The minimum absolute atomic E-state index is 0.829. The predicted octanol–water partition coefficient (Wildman–Crippen LogP) is 0.359. The second kappa shape index (κ2) is 8.88. The molecule has 62 valence electrons. The van der Waals surface area contributed by atoms with E-state index in [4.69, 9.17) is 11.6 Å². The molecule has 0 radical (unpaired) electrons. The largest absolute Gasteiger partial charge is 0.330 e. The molecular weight excluding hydrogens is 126 g/mol. The number of rotatable bonds is 7. The summed E-state index contributed by atoms with van der Waals surface area (Å²) in [5.74, 6) is 5.10. The van der Waals surface area contributed by atoms with Crippen molar-refractivity contribution >= 4 is 0 Å². The monoisotopic (exact) mass is 145 g/mol. The van der Waals surface area contributed by atoms with E-state index < -0.39 is 0 Å². The van der Waals surface area contributed by atoms with Gasteiger partial charge in [0.1, 0.15) is 0 Å². The second-order valence-electron chi connectivity index (χ2n) is 2.51. The summed E-state index contributed by atoms with van der Waals surface area (Å²) < 4.78 is 0. The Bertz CT molecular complexity index is 48.8. The highest BCUT2D eigenvalue weighted by molar-refractivity contribution is 4.45. The second-order valence-corrected chi connectivity index (χ2v) is 2.51. The first-order chi connectivity index (χ1) is 4.91. The van der Waals surface area contributed by atoms with Crippen LogP contribution in [-0.2, 0) is 0 Å². The summed E-state index contributed by atoms with van der Waals surface area (Å²) >= 11 is 0. The molecule has 10 heavy (non-hydrogen) atoms. The van der Waals surface area contributed by atoms with Gasteiger partial charge in [0.15, 0.2) is 0 Å². The molecule has 0 aliphatic heterocycles. The minimum Gasteiger partial charge on any atom is -0.330 e. The van der Waals surface area contributed by atoms with Crippen molar-refractivity contribution in [3.8, 4) is 0 Å². The third-order valence-corrected chi connectivity index (χ3v) is 1.53. The van der Waals surface area contributed by atoms with Gasteiger partial charge in [-0.3, -0.25) is 11.3 Å². The van der Waals surface area contributed by atoms with Gasteiger partial charge in [0.2, 0.25) is 0 Å². The molecule has 3 nitrogen and oxygen atoms in total. The van der Waals surface area contributed by atoms with Gasteiger partial charge in [-0.05, 0) is 19.4 Å². The van der Waals surface area contributed by atoms with Crippen LogP contribution in [0.25, 0.3) is 0 Å². The zero-order valence-corrected chi connectivity index (χ0v) is 6.60. The fraction of sp³-hybridized carbons (Fsp3) is 1.00. The summed E-state index contributed by atoms with van der Waals surface area (Å²) in [6.45, 7) is 1.76. The summed E-state index contributed by atoms with van der Waals surface area (Å²) in [5.41, 5.74) is 7.97. The van der Waals surface area contributed by atoms with Gasteiger partial charge in [0.05, 0.1) is 0 Å². The lowest BCUT2D eigenvalue weighted by molar-refractivity contribution is 0.587. The van der Waals surface area contributed by atoms with E-state index in [-0.39, 0.29) is 0 Å². The molecule has 0 spiro atoms. The minimum atomic E-state index is 0.829. The van der Waals surface area contributed by atoms with Crippen molar-refractivity contribution in [1.82, 2.24) is 5.43 Å². The van der Waals surface area contributed by atoms with Crippen molar-refractivity contribution in [3.05, 3.63) is 0 Å². The molecule has 0 aliphatic rings. The Balaban J connectivity index is 2.65. The van der Waals surface area contributed by atoms with Crippen LogP contribution in [-0.4, -0.2) is 13.1 Å². The van der Waals surface area contributed by atoms with Crippen LogP contribution in [0, 0.1) is 0 Å². The fourth-order valence-corrected chi connectivity index (χ4v) is 0.902. The van der Waals surface area contributed by atoms with Crippen LogP contribution >= 0.6 is 0 Å². The van der Waals surface area contributed by atoms with Gasteiger partial charge in [-0.15, -0.1) is 0 Å². The first kappa shape index (κ1) is 9.88. The molecule has 0 saturated carbocycles. The first-order valence-electron chi connectivity index (χ1n) is 4.05. The van der Waals surface area contributed by atoms with E-state index in [2.05, 4.69) is 5.43 Å². The van der Waals surface area contributed by atoms with Crippen LogP contribution in [0.5, 0.6) is 0 Å². The highest BCUT2D eigenvalue weighted by Crippen LogP contribution is 2.00. The lowest BCUT2D eigenvalue weighted by Gasteiger charge is -1.98. The maximum atomic E-state index is 5.34. The smallest absolute Gasteiger partial charge is 0.00974 e. The molecule has 0 heterocycles. The maximum absolute atomic E-state index is 5.34. The standard InChI is InChI=1S/C7H19N3/c8-6-4-2-1-3-5-7-10-9/h10H,1-9H2.